The normalized spacial score (nSPS) is 13.7. The summed E-state index contributed by atoms with van der Waals surface area (Å²) in [4.78, 5) is 23.8. The summed E-state index contributed by atoms with van der Waals surface area (Å²) in [5.74, 6) is 0.996. The van der Waals surface area contributed by atoms with Crippen LogP contribution in [0.4, 0.5) is 0 Å². The number of carbonyl (C=O) groups excluding carboxylic acids is 2. The molecule has 24 heavy (non-hydrogen) atoms. The molecule has 4 heteroatoms. The molecule has 0 saturated heterocycles. The number of ether oxygens (including phenoxy) is 2. The highest BCUT2D eigenvalue weighted by molar-refractivity contribution is 6.06. The van der Waals surface area contributed by atoms with Gasteiger partial charge >= 0.3 is 5.97 Å². The molecule has 122 valence electrons. The monoisotopic (exact) mass is 322 g/mol. The average molecular weight is 322 g/mol. The van der Waals surface area contributed by atoms with Crippen LogP contribution in [0.25, 0.3) is 6.08 Å². The molecule has 0 aromatic heterocycles. The number of ketones is 1. The highest BCUT2D eigenvalue weighted by atomic mass is 16.5. The Labute approximate surface area is 140 Å². The standard InChI is InChI=1S/C20H18O4/c1-23-17-10-8-15(9-11-17)19(21)12-5-14-3-2-4-18(13-14)24-20(22)16-6-7-16/h2-5,8-13,16H,6-7H2,1H3/b12-5+. The maximum atomic E-state index is 12.2. The number of esters is 1. The molecule has 0 amide bonds. The third-order valence-corrected chi connectivity index (χ3v) is 3.79. The fourth-order valence-electron chi connectivity index (χ4n) is 2.22. The molecule has 0 atom stereocenters. The van der Waals surface area contributed by atoms with Crippen LogP contribution in [0.2, 0.25) is 0 Å². The SMILES string of the molecule is COc1ccc(C(=O)/C=C/c2cccc(OC(=O)C3CC3)c2)cc1. The molecule has 0 bridgehead atoms. The third-order valence-electron chi connectivity index (χ3n) is 3.79. The van der Waals surface area contributed by atoms with Crippen LogP contribution in [0.15, 0.2) is 54.6 Å². The highest BCUT2D eigenvalue weighted by Gasteiger charge is 2.31. The Morgan fingerprint density at radius 1 is 1.04 bits per heavy atom. The fourth-order valence-corrected chi connectivity index (χ4v) is 2.22. The largest absolute Gasteiger partial charge is 0.497 e. The van der Waals surface area contributed by atoms with Crippen molar-refractivity contribution in [2.75, 3.05) is 7.11 Å². The van der Waals surface area contributed by atoms with Gasteiger partial charge in [0.2, 0.25) is 0 Å². The van der Waals surface area contributed by atoms with Gasteiger partial charge in [-0.25, -0.2) is 0 Å². The second kappa shape index (κ2) is 7.13. The smallest absolute Gasteiger partial charge is 0.314 e. The van der Waals surface area contributed by atoms with Crippen molar-refractivity contribution < 1.29 is 19.1 Å². The predicted octanol–water partition coefficient (Wildman–Crippen LogP) is 3.91. The molecule has 0 spiro atoms. The van der Waals surface area contributed by atoms with Crippen LogP contribution < -0.4 is 9.47 Å². The Morgan fingerprint density at radius 3 is 2.46 bits per heavy atom. The van der Waals surface area contributed by atoms with Crippen LogP contribution in [0.3, 0.4) is 0 Å². The molecule has 1 saturated carbocycles. The van der Waals surface area contributed by atoms with Crippen LogP contribution in [-0.4, -0.2) is 18.9 Å². The van der Waals surface area contributed by atoms with Gasteiger partial charge in [-0.3, -0.25) is 9.59 Å². The minimum atomic E-state index is -0.176. The maximum absolute atomic E-state index is 12.2. The number of carbonyl (C=O) groups is 2. The zero-order valence-electron chi connectivity index (χ0n) is 13.4. The van der Waals surface area contributed by atoms with Gasteiger partial charge in [-0.15, -0.1) is 0 Å². The number of hydrogen-bond acceptors (Lipinski definition) is 4. The van der Waals surface area contributed by atoms with Crippen LogP contribution in [-0.2, 0) is 4.79 Å². The van der Waals surface area contributed by atoms with Crippen molar-refractivity contribution in [2.24, 2.45) is 5.92 Å². The molecule has 3 rings (SSSR count). The first-order valence-corrected chi connectivity index (χ1v) is 7.84. The first kappa shape index (κ1) is 16.0. The fraction of sp³-hybridized carbons (Fsp3) is 0.200. The molecule has 0 aliphatic heterocycles. The molecule has 1 aliphatic carbocycles. The van der Waals surface area contributed by atoms with E-state index in [0.717, 1.165) is 18.4 Å². The molecule has 0 heterocycles. The van der Waals surface area contributed by atoms with Crippen molar-refractivity contribution in [2.45, 2.75) is 12.8 Å². The lowest BCUT2D eigenvalue weighted by Gasteiger charge is -2.04. The van der Waals surface area contributed by atoms with Gasteiger partial charge in [-0.1, -0.05) is 18.2 Å². The van der Waals surface area contributed by atoms with Crippen molar-refractivity contribution >= 4 is 17.8 Å². The molecule has 2 aromatic carbocycles. The number of rotatable bonds is 6. The van der Waals surface area contributed by atoms with E-state index in [1.807, 2.05) is 6.07 Å². The van der Waals surface area contributed by atoms with Gasteiger partial charge in [0.1, 0.15) is 11.5 Å². The molecular formula is C20H18O4. The van der Waals surface area contributed by atoms with Crippen LogP contribution in [0.5, 0.6) is 11.5 Å². The van der Waals surface area contributed by atoms with E-state index in [4.69, 9.17) is 9.47 Å². The van der Waals surface area contributed by atoms with Crippen LogP contribution in [0.1, 0.15) is 28.8 Å². The molecule has 0 unspecified atom stereocenters. The highest BCUT2D eigenvalue weighted by Crippen LogP contribution is 2.31. The Kier molecular flexibility index (Phi) is 4.75. The molecular weight excluding hydrogens is 304 g/mol. The lowest BCUT2D eigenvalue weighted by molar-refractivity contribution is -0.135. The second-order valence-electron chi connectivity index (χ2n) is 5.69. The Morgan fingerprint density at radius 2 is 1.79 bits per heavy atom. The van der Waals surface area contributed by atoms with Crippen molar-refractivity contribution in [1.82, 2.24) is 0 Å². The zero-order valence-corrected chi connectivity index (χ0v) is 13.4. The van der Waals surface area contributed by atoms with E-state index in [1.54, 1.807) is 55.7 Å². The van der Waals surface area contributed by atoms with Gasteiger partial charge in [0.05, 0.1) is 13.0 Å². The molecule has 1 aliphatic rings. The summed E-state index contributed by atoms with van der Waals surface area (Å²) in [6, 6.07) is 14.1. The summed E-state index contributed by atoms with van der Waals surface area (Å²) in [5, 5.41) is 0. The van der Waals surface area contributed by atoms with Crippen LogP contribution >= 0.6 is 0 Å². The quantitative estimate of drug-likeness (QED) is 0.350. The average Bonchev–Trinajstić information content (AvgIpc) is 3.45. The topological polar surface area (TPSA) is 52.6 Å². The molecule has 1 fully saturated rings. The summed E-state index contributed by atoms with van der Waals surface area (Å²) in [6.07, 6.45) is 5.04. The van der Waals surface area contributed by atoms with E-state index >= 15 is 0 Å². The third kappa shape index (κ3) is 4.10. The van der Waals surface area contributed by atoms with Crippen LogP contribution in [0, 0.1) is 5.92 Å². The summed E-state index contributed by atoms with van der Waals surface area (Å²) < 4.78 is 10.4. The van der Waals surface area contributed by atoms with Crippen molar-refractivity contribution in [3.8, 4) is 11.5 Å². The minimum absolute atomic E-state index is 0.0563. The van der Waals surface area contributed by atoms with E-state index in [2.05, 4.69) is 0 Å². The van der Waals surface area contributed by atoms with E-state index in [-0.39, 0.29) is 17.7 Å². The van der Waals surface area contributed by atoms with E-state index in [1.165, 1.54) is 6.08 Å². The first-order valence-electron chi connectivity index (χ1n) is 7.84. The number of allylic oxidation sites excluding steroid dienone is 1. The Hall–Kier alpha value is -2.88. The van der Waals surface area contributed by atoms with Gasteiger partial charge in [0.25, 0.3) is 0 Å². The second-order valence-corrected chi connectivity index (χ2v) is 5.69. The molecule has 0 N–H and O–H groups in total. The van der Waals surface area contributed by atoms with E-state index in [0.29, 0.717) is 17.1 Å². The van der Waals surface area contributed by atoms with Gasteiger partial charge in [0, 0.05) is 5.56 Å². The predicted molar refractivity (Wildman–Crippen MR) is 91.2 cm³/mol. The first-order chi connectivity index (χ1) is 11.7. The summed E-state index contributed by atoms with van der Waals surface area (Å²) in [6.45, 7) is 0. The van der Waals surface area contributed by atoms with Gasteiger partial charge in [-0.2, -0.15) is 0 Å². The van der Waals surface area contributed by atoms with Crippen molar-refractivity contribution in [3.63, 3.8) is 0 Å². The number of benzene rings is 2. The van der Waals surface area contributed by atoms with Crippen molar-refractivity contribution in [3.05, 3.63) is 65.7 Å². The molecule has 4 nitrogen and oxygen atoms in total. The summed E-state index contributed by atoms with van der Waals surface area (Å²) >= 11 is 0. The number of hydrogen-bond donors (Lipinski definition) is 0. The summed E-state index contributed by atoms with van der Waals surface area (Å²) in [7, 11) is 1.58. The Bertz CT molecular complexity index is 770. The Balaban J connectivity index is 1.66. The van der Waals surface area contributed by atoms with Gasteiger partial charge < -0.3 is 9.47 Å². The maximum Gasteiger partial charge on any atom is 0.314 e. The lowest BCUT2D eigenvalue weighted by atomic mass is 10.1. The lowest BCUT2D eigenvalue weighted by Crippen LogP contribution is -2.09. The van der Waals surface area contributed by atoms with E-state index < -0.39 is 0 Å². The minimum Gasteiger partial charge on any atom is -0.497 e. The molecule has 2 aromatic rings. The summed E-state index contributed by atoms with van der Waals surface area (Å²) in [5.41, 5.74) is 1.39. The number of methoxy groups -OCH3 is 1. The van der Waals surface area contributed by atoms with Crippen molar-refractivity contribution in [1.29, 1.82) is 0 Å². The molecule has 0 radical (unpaired) electrons. The zero-order chi connectivity index (χ0) is 16.9. The van der Waals surface area contributed by atoms with Gasteiger partial charge in [-0.05, 0) is 60.9 Å². The van der Waals surface area contributed by atoms with Gasteiger partial charge in [0.15, 0.2) is 5.78 Å². The van der Waals surface area contributed by atoms with E-state index in [9.17, 15) is 9.59 Å².